The van der Waals surface area contributed by atoms with Crippen LogP contribution >= 0.6 is 24.0 Å². The zero-order chi connectivity index (χ0) is 19.9. The number of rotatable bonds is 7. The standard InChI is InChI=1S/C21H34N6O.HI/c1-16(2)13-17(27-9-11-28-12-10-27)14-23-21(22-3)24-15-20-25-18-7-5-6-8-19(18)26(20)4;/h5-8,16-17H,9-15H2,1-4H3,(H2,22,23,24);1H. The molecule has 1 saturated heterocycles. The molecule has 2 N–H and O–H groups in total. The van der Waals surface area contributed by atoms with Crippen LogP contribution in [-0.4, -0.2) is 66.3 Å². The maximum atomic E-state index is 5.52. The van der Waals surface area contributed by atoms with Gasteiger partial charge >= 0.3 is 0 Å². The fraction of sp³-hybridized carbons (Fsp3) is 0.619. The first kappa shape index (κ1) is 23.9. The minimum atomic E-state index is 0. The number of fused-ring (bicyclic) bond motifs is 1. The number of nitrogens with one attached hydrogen (secondary N) is 2. The normalized spacial score (nSPS) is 16.7. The van der Waals surface area contributed by atoms with E-state index >= 15 is 0 Å². The Morgan fingerprint density at radius 2 is 1.93 bits per heavy atom. The average Bonchev–Trinajstić information content (AvgIpc) is 3.03. The first-order valence-corrected chi connectivity index (χ1v) is 10.2. The molecule has 1 aromatic carbocycles. The van der Waals surface area contributed by atoms with Gasteiger partial charge in [0.05, 0.1) is 30.8 Å². The van der Waals surface area contributed by atoms with Crippen LogP contribution in [0.1, 0.15) is 26.1 Å². The van der Waals surface area contributed by atoms with Gasteiger partial charge in [-0.1, -0.05) is 26.0 Å². The molecule has 29 heavy (non-hydrogen) atoms. The maximum absolute atomic E-state index is 5.52. The van der Waals surface area contributed by atoms with Gasteiger partial charge in [0, 0.05) is 39.8 Å². The van der Waals surface area contributed by atoms with E-state index in [2.05, 4.69) is 52.1 Å². The molecule has 0 amide bonds. The SMILES string of the molecule is CN=C(NCc1nc2ccccc2n1C)NCC(CC(C)C)N1CCOCC1.I. The lowest BCUT2D eigenvalue weighted by Gasteiger charge is -2.35. The molecule has 0 aliphatic carbocycles. The number of hydrogen-bond donors (Lipinski definition) is 2. The van der Waals surface area contributed by atoms with Crippen LogP contribution in [0.25, 0.3) is 11.0 Å². The van der Waals surface area contributed by atoms with Crippen LogP contribution < -0.4 is 10.6 Å². The molecular weight excluding hydrogens is 479 g/mol. The predicted molar refractivity (Wildman–Crippen MR) is 130 cm³/mol. The first-order valence-electron chi connectivity index (χ1n) is 10.2. The van der Waals surface area contributed by atoms with E-state index < -0.39 is 0 Å². The Hall–Kier alpha value is -1.39. The van der Waals surface area contributed by atoms with E-state index in [-0.39, 0.29) is 24.0 Å². The quantitative estimate of drug-likeness (QED) is 0.338. The molecule has 2 heterocycles. The van der Waals surface area contributed by atoms with Gasteiger partial charge in [-0.25, -0.2) is 4.98 Å². The van der Waals surface area contributed by atoms with E-state index in [1.807, 2.05) is 25.2 Å². The molecule has 0 saturated carbocycles. The number of aromatic nitrogens is 2. The lowest BCUT2D eigenvalue weighted by molar-refractivity contribution is 0.0132. The summed E-state index contributed by atoms with van der Waals surface area (Å²) in [5.74, 6) is 2.47. The van der Waals surface area contributed by atoms with Gasteiger partial charge in [-0.3, -0.25) is 9.89 Å². The van der Waals surface area contributed by atoms with Crippen molar-refractivity contribution in [2.24, 2.45) is 18.0 Å². The van der Waals surface area contributed by atoms with Crippen LogP contribution in [0.15, 0.2) is 29.3 Å². The van der Waals surface area contributed by atoms with E-state index in [4.69, 9.17) is 9.72 Å². The number of morpholine rings is 1. The third-order valence-electron chi connectivity index (χ3n) is 5.33. The highest BCUT2D eigenvalue weighted by Gasteiger charge is 2.22. The Kier molecular flexibility index (Phi) is 9.64. The van der Waals surface area contributed by atoms with Crippen LogP contribution in [0, 0.1) is 5.92 Å². The summed E-state index contributed by atoms with van der Waals surface area (Å²) in [6.07, 6.45) is 1.16. The zero-order valence-corrected chi connectivity index (χ0v) is 20.3. The Balaban J connectivity index is 0.00000300. The monoisotopic (exact) mass is 514 g/mol. The summed E-state index contributed by atoms with van der Waals surface area (Å²) < 4.78 is 7.65. The molecule has 1 aliphatic heterocycles. The van der Waals surface area contributed by atoms with Crippen molar-refractivity contribution in [2.45, 2.75) is 32.9 Å². The van der Waals surface area contributed by atoms with Crippen molar-refractivity contribution in [3.8, 4) is 0 Å². The van der Waals surface area contributed by atoms with Crippen molar-refractivity contribution >= 4 is 41.0 Å². The molecule has 1 unspecified atom stereocenters. The average molecular weight is 514 g/mol. The third kappa shape index (κ3) is 6.55. The fourth-order valence-corrected chi connectivity index (χ4v) is 3.80. The predicted octanol–water partition coefficient (Wildman–Crippen LogP) is 2.60. The topological polar surface area (TPSA) is 66.7 Å². The Bertz CT molecular complexity index is 785. The lowest BCUT2D eigenvalue weighted by atomic mass is 10.0. The number of ether oxygens (including phenoxy) is 1. The molecule has 7 nitrogen and oxygen atoms in total. The third-order valence-corrected chi connectivity index (χ3v) is 5.33. The highest BCUT2D eigenvalue weighted by molar-refractivity contribution is 14.0. The second kappa shape index (κ2) is 11.7. The molecule has 162 valence electrons. The molecule has 2 aromatic rings. The van der Waals surface area contributed by atoms with Crippen molar-refractivity contribution in [1.82, 2.24) is 25.1 Å². The minimum Gasteiger partial charge on any atom is -0.379 e. The summed E-state index contributed by atoms with van der Waals surface area (Å²) in [6, 6.07) is 8.69. The summed E-state index contributed by atoms with van der Waals surface area (Å²) in [5.41, 5.74) is 2.17. The maximum Gasteiger partial charge on any atom is 0.191 e. The van der Waals surface area contributed by atoms with Crippen LogP contribution in [0.5, 0.6) is 0 Å². The zero-order valence-electron chi connectivity index (χ0n) is 18.0. The van der Waals surface area contributed by atoms with Gasteiger partial charge in [0.2, 0.25) is 0 Å². The highest BCUT2D eigenvalue weighted by Crippen LogP contribution is 2.14. The van der Waals surface area contributed by atoms with Crippen LogP contribution in [0.4, 0.5) is 0 Å². The molecule has 0 spiro atoms. The van der Waals surface area contributed by atoms with Crippen LogP contribution in [-0.2, 0) is 18.3 Å². The van der Waals surface area contributed by atoms with Gasteiger partial charge in [-0.15, -0.1) is 24.0 Å². The minimum absolute atomic E-state index is 0. The number of guanidine groups is 1. The summed E-state index contributed by atoms with van der Waals surface area (Å²) in [4.78, 5) is 11.7. The number of nitrogens with zero attached hydrogens (tertiary/aromatic N) is 4. The largest absolute Gasteiger partial charge is 0.379 e. The van der Waals surface area contributed by atoms with Crippen LogP contribution in [0.2, 0.25) is 0 Å². The first-order chi connectivity index (χ1) is 13.6. The van der Waals surface area contributed by atoms with E-state index in [9.17, 15) is 0 Å². The van der Waals surface area contributed by atoms with Gasteiger partial charge in [-0.05, 0) is 24.5 Å². The molecule has 1 aromatic heterocycles. The van der Waals surface area contributed by atoms with Gasteiger partial charge in [0.1, 0.15) is 5.82 Å². The number of hydrogen-bond acceptors (Lipinski definition) is 4. The van der Waals surface area contributed by atoms with E-state index in [1.54, 1.807) is 0 Å². The molecular formula is C21H35IN6O. The van der Waals surface area contributed by atoms with E-state index in [0.29, 0.717) is 18.5 Å². The summed E-state index contributed by atoms with van der Waals surface area (Å²) in [5, 5.41) is 6.93. The van der Waals surface area contributed by atoms with Crippen molar-refractivity contribution in [2.75, 3.05) is 39.9 Å². The summed E-state index contributed by atoms with van der Waals surface area (Å²) in [6.45, 7) is 9.74. The number of halogens is 1. The number of benzene rings is 1. The second-order valence-electron chi connectivity index (χ2n) is 7.81. The van der Waals surface area contributed by atoms with Crippen molar-refractivity contribution in [1.29, 1.82) is 0 Å². The lowest BCUT2D eigenvalue weighted by Crippen LogP contribution is -2.51. The molecule has 1 aliphatic rings. The van der Waals surface area contributed by atoms with Crippen molar-refractivity contribution in [3.63, 3.8) is 0 Å². The van der Waals surface area contributed by atoms with Gasteiger partial charge in [0.15, 0.2) is 5.96 Å². The molecule has 0 bridgehead atoms. The summed E-state index contributed by atoms with van der Waals surface area (Å²) >= 11 is 0. The summed E-state index contributed by atoms with van der Waals surface area (Å²) in [7, 11) is 3.87. The fourth-order valence-electron chi connectivity index (χ4n) is 3.80. The molecule has 3 rings (SSSR count). The van der Waals surface area contributed by atoms with Gasteiger partial charge in [0.25, 0.3) is 0 Å². The smallest absolute Gasteiger partial charge is 0.191 e. The molecule has 8 heteroatoms. The van der Waals surface area contributed by atoms with Gasteiger partial charge in [-0.2, -0.15) is 0 Å². The number of para-hydroxylation sites is 2. The van der Waals surface area contributed by atoms with Gasteiger partial charge < -0.3 is 19.9 Å². The van der Waals surface area contributed by atoms with Crippen molar-refractivity contribution in [3.05, 3.63) is 30.1 Å². The molecule has 1 fully saturated rings. The number of aryl methyl sites for hydroxylation is 1. The van der Waals surface area contributed by atoms with E-state index in [1.165, 1.54) is 0 Å². The number of imidazole rings is 1. The molecule has 0 radical (unpaired) electrons. The van der Waals surface area contributed by atoms with E-state index in [0.717, 1.165) is 62.1 Å². The molecule has 1 atom stereocenters. The Morgan fingerprint density at radius 3 is 2.59 bits per heavy atom. The van der Waals surface area contributed by atoms with Crippen molar-refractivity contribution < 1.29 is 4.74 Å². The second-order valence-corrected chi connectivity index (χ2v) is 7.81. The number of aliphatic imine (C=N–C) groups is 1. The highest BCUT2D eigenvalue weighted by atomic mass is 127. The Morgan fingerprint density at radius 1 is 1.21 bits per heavy atom. The Labute approximate surface area is 191 Å². The van der Waals surface area contributed by atoms with Crippen LogP contribution in [0.3, 0.4) is 0 Å².